The van der Waals surface area contributed by atoms with Crippen molar-refractivity contribution in [3.8, 4) is 5.75 Å². The molecule has 1 aromatic rings. The Kier molecular flexibility index (Phi) is 4.22. The fraction of sp³-hybridized carbons (Fsp3) is 0.250. The summed E-state index contributed by atoms with van der Waals surface area (Å²) in [7, 11) is 0. The standard InChI is InChI=1S/C8H8BrClO2S/c1-13(11)12-7-3-2-6(5-9)8(10)4-7/h2-4H,5H2,1H3. The van der Waals surface area contributed by atoms with Crippen LogP contribution >= 0.6 is 27.5 Å². The number of benzene rings is 1. The van der Waals surface area contributed by atoms with E-state index in [0.29, 0.717) is 16.1 Å². The summed E-state index contributed by atoms with van der Waals surface area (Å²) in [6.07, 6.45) is 1.46. The summed E-state index contributed by atoms with van der Waals surface area (Å²) < 4.78 is 15.7. The quantitative estimate of drug-likeness (QED) is 0.797. The van der Waals surface area contributed by atoms with Crippen molar-refractivity contribution >= 4 is 38.6 Å². The Morgan fingerprint density at radius 3 is 2.77 bits per heavy atom. The van der Waals surface area contributed by atoms with Crippen molar-refractivity contribution in [1.29, 1.82) is 0 Å². The Bertz CT molecular complexity index is 330. The maximum absolute atomic E-state index is 10.7. The molecule has 0 bridgehead atoms. The van der Waals surface area contributed by atoms with Gasteiger partial charge in [0, 0.05) is 22.7 Å². The normalized spacial score (nSPS) is 12.5. The minimum atomic E-state index is -1.30. The topological polar surface area (TPSA) is 26.3 Å². The number of rotatable bonds is 3. The van der Waals surface area contributed by atoms with Crippen molar-refractivity contribution in [1.82, 2.24) is 0 Å². The first-order chi connectivity index (χ1) is 6.13. The molecule has 0 saturated carbocycles. The van der Waals surface area contributed by atoms with E-state index in [0.717, 1.165) is 5.56 Å². The third-order valence-electron chi connectivity index (χ3n) is 1.38. The second-order valence-corrected chi connectivity index (χ2v) is 4.31. The van der Waals surface area contributed by atoms with Gasteiger partial charge in [-0.1, -0.05) is 33.6 Å². The third kappa shape index (κ3) is 3.29. The maximum Gasteiger partial charge on any atom is 0.203 e. The SMILES string of the molecule is CS(=O)Oc1ccc(CBr)c(Cl)c1. The molecule has 0 aromatic heterocycles. The van der Waals surface area contributed by atoms with Gasteiger partial charge in [-0.3, -0.25) is 0 Å². The molecule has 0 aliphatic rings. The van der Waals surface area contributed by atoms with E-state index in [1.165, 1.54) is 6.26 Å². The maximum atomic E-state index is 10.7. The average molecular weight is 284 g/mol. The van der Waals surface area contributed by atoms with Crippen molar-refractivity contribution in [2.75, 3.05) is 6.26 Å². The van der Waals surface area contributed by atoms with Crippen LogP contribution < -0.4 is 4.18 Å². The van der Waals surface area contributed by atoms with Crippen molar-refractivity contribution < 1.29 is 8.39 Å². The van der Waals surface area contributed by atoms with Crippen molar-refractivity contribution in [2.24, 2.45) is 0 Å². The highest BCUT2D eigenvalue weighted by Gasteiger charge is 2.02. The van der Waals surface area contributed by atoms with Crippen LogP contribution in [0.4, 0.5) is 0 Å². The van der Waals surface area contributed by atoms with Crippen LogP contribution in [0.5, 0.6) is 5.75 Å². The van der Waals surface area contributed by atoms with E-state index < -0.39 is 11.1 Å². The van der Waals surface area contributed by atoms with Gasteiger partial charge in [-0.15, -0.1) is 0 Å². The number of hydrogen-bond acceptors (Lipinski definition) is 2. The molecule has 0 radical (unpaired) electrons. The molecule has 1 unspecified atom stereocenters. The first-order valence-corrected chi connectivity index (χ1v) is 6.48. The molecule has 0 spiro atoms. The lowest BCUT2D eigenvalue weighted by Crippen LogP contribution is -1.96. The summed E-state index contributed by atoms with van der Waals surface area (Å²) in [5, 5.41) is 1.31. The molecular formula is C8H8BrClO2S. The van der Waals surface area contributed by atoms with Crippen molar-refractivity contribution in [3.05, 3.63) is 28.8 Å². The van der Waals surface area contributed by atoms with Crippen LogP contribution in [0, 0.1) is 0 Å². The molecular weight excluding hydrogens is 276 g/mol. The Labute approximate surface area is 93.0 Å². The summed E-state index contributed by atoms with van der Waals surface area (Å²) in [5.74, 6) is 0.524. The van der Waals surface area contributed by atoms with Crippen LogP contribution in [0.2, 0.25) is 5.02 Å². The molecule has 0 aliphatic carbocycles. The molecule has 0 amide bonds. The van der Waals surface area contributed by atoms with E-state index in [-0.39, 0.29) is 0 Å². The summed E-state index contributed by atoms with van der Waals surface area (Å²) in [6, 6.07) is 5.22. The largest absolute Gasteiger partial charge is 0.401 e. The molecule has 1 atom stereocenters. The molecule has 0 N–H and O–H groups in total. The molecule has 2 nitrogen and oxygen atoms in total. The Morgan fingerprint density at radius 2 is 2.31 bits per heavy atom. The summed E-state index contributed by atoms with van der Waals surface area (Å²) in [5.41, 5.74) is 0.982. The predicted octanol–water partition coefficient (Wildman–Crippen LogP) is 2.91. The molecule has 0 fully saturated rings. The van der Waals surface area contributed by atoms with Gasteiger partial charge in [0.05, 0.1) is 0 Å². The van der Waals surface area contributed by atoms with Crippen molar-refractivity contribution in [2.45, 2.75) is 5.33 Å². The molecule has 72 valence electrons. The van der Waals surface area contributed by atoms with Crippen LogP contribution in [0.15, 0.2) is 18.2 Å². The molecule has 5 heteroatoms. The van der Waals surface area contributed by atoms with Crippen LogP contribution in [0.25, 0.3) is 0 Å². The fourth-order valence-electron chi connectivity index (χ4n) is 0.824. The predicted molar refractivity (Wildman–Crippen MR) is 58.8 cm³/mol. The smallest absolute Gasteiger partial charge is 0.203 e. The van der Waals surface area contributed by atoms with Gasteiger partial charge in [-0.2, -0.15) is 0 Å². The molecule has 1 aromatic carbocycles. The van der Waals surface area contributed by atoms with E-state index in [2.05, 4.69) is 15.9 Å². The average Bonchev–Trinajstić information content (AvgIpc) is 2.03. The zero-order valence-corrected chi connectivity index (χ0v) is 10.1. The third-order valence-corrected chi connectivity index (χ3v) is 2.77. The zero-order valence-electron chi connectivity index (χ0n) is 6.92. The van der Waals surface area contributed by atoms with Gasteiger partial charge >= 0.3 is 0 Å². The van der Waals surface area contributed by atoms with Crippen LogP contribution in [0.3, 0.4) is 0 Å². The number of halogens is 2. The highest BCUT2D eigenvalue weighted by Crippen LogP contribution is 2.24. The molecule has 0 heterocycles. The minimum Gasteiger partial charge on any atom is -0.401 e. The van der Waals surface area contributed by atoms with Crippen molar-refractivity contribution in [3.63, 3.8) is 0 Å². The van der Waals surface area contributed by atoms with Gasteiger partial charge in [0.2, 0.25) is 11.1 Å². The second-order valence-electron chi connectivity index (χ2n) is 2.37. The van der Waals surface area contributed by atoms with E-state index in [1.807, 2.05) is 6.07 Å². The number of alkyl halides is 1. The molecule has 0 aliphatic heterocycles. The first kappa shape index (κ1) is 11.0. The number of hydrogen-bond donors (Lipinski definition) is 0. The van der Waals surface area contributed by atoms with Gasteiger partial charge in [0.25, 0.3) is 0 Å². The van der Waals surface area contributed by atoms with Gasteiger partial charge in [0.15, 0.2) is 0 Å². The first-order valence-electron chi connectivity index (χ1n) is 3.49. The summed E-state index contributed by atoms with van der Waals surface area (Å²) >= 11 is 7.90. The Hall–Kier alpha value is -0.0600. The van der Waals surface area contributed by atoms with E-state index in [9.17, 15) is 4.21 Å². The highest BCUT2D eigenvalue weighted by atomic mass is 79.9. The second kappa shape index (κ2) is 4.98. The van der Waals surface area contributed by atoms with E-state index in [1.54, 1.807) is 12.1 Å². The van der Waals surface area contributed by atoms with Gasteiger partial charge in [0.1, 0.15) is 5.75 Å². The molecule has 1 rings (SSSR count). The zero-order chi connectivity index (χ0) is 9.84. The lowest BCUT2D eigenvalue weighted by Gasteiger charge is -2.03. The van der Waals surface area contributed by atoms with E-state index >= 15 is 0 Å². The van der Waals surface area contributed by atoms with E-state index in [4.69, 9.17) is 15.8 Å². The van der Waals surface area contributed by atoms with Crippen LogP contribution in [0.1, 0.15) is 5.56 Å². The lowest BCUT2D eigenvalue weighted by molar-refractivity contribution is 0.568. The highest BCUT2D eigenvalue weighted by molar-refractivity contribution is 9.08. The fourth-order valence-corrected chi connectivity index (χ4v) is 2.09. The van der Waals surface area contributed by atoms with Gasteiger partial charge < -0.3 is 4.18 Å². The Balaban J connectivity index is 2.89. The summed E-state index contributed by atoms with van der Waals surface area (Å²) in [4.78, 5) is 0. The van der Waals surface area contributed by atoms with Crippen LogP contribution in [-0.4, -0.2) is 10.5 Å². The van der Waals surface area contributed by atoms with Gasteiger partial charge in [-0.25, -0.2) is 4.21 Å². The lowest BCUT2D eigenvalue weighted by atomic mass is 10.2. The minimum absolute atomic E-state index is 0.524. The monoisotopic (exact) mass is 282 g/mol. The molecule has 13 heavy (non-hydrogen) atoms. The van der Waals surface area contributed by atoms with Crippen LogP contribution in [-0.2, 0) is 16.4 Å². The van der Waals surface area contributed by atoms with Gasteiger partial charge in [-0.05, 0) is 11.6 Å². The Morgan fingerprint density at radius 1 is 1.62 bits per heavy atom. The summed E-state index contributed by atoms with van der Waals surface area (Å²) in [6.45, 7) is 0. The molecule has 0 saturated heterocycles.